The highest BCUT2D eigenvalue weighted by Crippen LogP contribution is 2.24. The number of amides is 2. The van der Waals surface area contributed by atoms with Gasteiger partial charge in [0.25, 0.3) is 11.8 Å². The molecule has 0 radical (unpaired) electrons. The van der Waals surface area contributed by atoms with Crippen LogP contribution in [0.1, 0.15) is 39.1 Å². The van der Waals surface area contributed by atoms with Crippen molar-refractivity contribution in [3.05, 3.63) is 94.5 Å². The van der Waals surface area contributed by atoms with E-state index in [2.05, 4.69) is 10.6 Å². The van der Waals surface area contributed by atoms with Gasteiger partial charge in [0.05, 0.1) is 0 Å². The van der Waals surface area contributed by atoms with Gasteiger partial charge in [-0.05, 0) is 79.1 Å². The number of hydrogen-bond donors (Lipinski definition) is 2. The maximum absolute atomic E-state index is 12.5. The zero-order valence-electron chi connectivity index (χ0n) is 16.2. The zero-order chi connectivity index (χ0) is 20.9. The van der Waals surface area contributed by atoms with E-state index in [1.807, 2.05) is 48.5 Å². The summed E-state index contributed by atoms with van der Waals surface area (Å²) in [6, 6.07) is 22.6. The van der Waals surface area contributed by atoms with Crippen molar-refractivity contribution in [2.45, 2.75) is 29.5 Å². The number of carbonyl (C=O) groups is 2. The summed E-state index contributed by atoms with van der Waals surface area (Å²) in [6.07, 6.45) is 2.11. The molecule has 0 aromatic heterocycles. The van der Waals surface area contributed by atoms with Gasteiger partial charge in [-0.2, -0.15) is 0 Å². The van der Waals surface area contributed by atoms with Gasteiger partial charge in [0.1, 0.15) is 0 Å². The van der Waals surface area contributed by atoms with E-state index in [0.717, 1.165) is 34.1 Å². The van der Waals surface area contributed by atoms with E-state index in [9.17, 15) is 9.59 Å². The number of thioether (sulfide) groups is 1. The Morgan fingerprint density at radius 2 is 1.43 bits per heavy atom. The molecule has 1 fully saturated rings. The highest BCUT2D eigenvalue weighted by atomic mass is 35.5. The Morgan fingerprint density at radius 1 is 0.833 bits per heavy atom. The molecule has 4 nitrogen and oxygen atoms in total. The molecule has 3 aromatic rings. The molecule has 0 saturated heterocycles. The molecule has 0 heterocycles. The molecule has 4 rings (SSSR count). The zero-order valence-corrected chi connectivity index (χ0v) is 17.8. The number of halogens is 1. The summed E-state index contributed by atoms with van der Waals surface area (Å²) >= 11 is 7.63. The van der Waals surface area contributed by atoms with Crippen molar-refractivity contribution in [2.24, 2.45) is 0 Å². The van der Waals surface area contributed by atoms with Crippen molar-refractivity contribution in [1.29, 1.82) is 0 Å². The second kappa shape index (κ2) is 9.37. The van der Waals surface area contributed by atoms with Crippen molar-refractivity contribution >= 4 is 40.9 Å². The molecule has 1 aliphatic rings. The lowest BCUT2D eigenvalue weighted by molar-refractivity contribution is 0.0950. The Hall–Kier alpha value is -2.76. The first kappa shape index (κ1) is 20.5. The predicted octanol–water partition coefficient (Wildman–Crippen LogP) is 5.78. The first-order valence-electron chi connectivity index (χ1n) is 9.76. The summed E-state index contributed by atoms with van der Waals surface area (Å²) in [5.74, 6) is 0.568. The molecule has 30 heavy (non-hydrogen) atoms. The van der Waals surface area contributed by atoms with Crippen molar-refractivity contribution in [1.82, 2.24) is 5.32 Å². The number of carbonyl (C=O) groups excluding carboxylic acids is 2. The normalized spacial score (nSPS) is 13.0. The van der Waals surface area contributed by atoms with Crippen molar-refractivity contribution in [3.8, 4) is 0 Å². The van der Waals surface area contributed by atoms with Crippen LogP contribution in [0.2, 0.25) is 5.02 Å². The van der Waals surface area contributed by atoms with Gasteiger partial charge in [0.2, 0.25) is 0 Å². The Kier molecular flexibility index (Phi) is 6.41. The molecule has 0 atom stereocenters. The average molecular weight is 437 g/mol. The van der Waals surface area contributed by atoms with E-state index in [4.69, 9.17) is 11.6 Å². The lowest BCUT2D eigenvalue weighted by atomic mass is 10.1. The van der Waals surface area contributed by atoms with Gasteiger partial charge in [-0.1, -0.05) is 23.7 Å². The van der Waals surface area contributed by atoms with Gasteiger partial charge in [-0.3, -0.25) is 9.59 Å². The Morgan fingerprint density at radius 3 is 2.07 bits per heavy atom. The van der Waals surface area contributed by atoms with Gasteiger partial charge >= 0.3 is 0 Å². The Labute approximate surface area is 185 Å². The van der Waals surface area contributed by atoms with Gasteiger partial charge in [0, 0.05) is 38.5 Å². The van der Waals surface area contributed by atoms with Crippen molar-refractivity contribution in [3.63, 3.8) is 0 Å². The van der Waals surface area contributed by atoms with E-state index in [-0.39, 0.29) is 11.8 Å². The molecule has 0 bridgehead atoms. The van der Waals surface area contributed by atoms with E-state index in [1.54, 1.807) is 36.0 Å². The molecule has 2 amide bonds. The first-order valence-corrected chi connectivity index (χ1v) is 11.1. The molecule has 152 valence electrons. The molecule has 1 saturated carbocycles. The summed E-state index contributed by atoms with van der Waals surface area (Å²) in [4.78, 5) is 25.7. The number of rotatable bonds is 7. The molecule has 0 spiro atoms. The van der Waals surface area contributed by atoms with Crippen LogP contribution in [0.4, 0.5) is 5.69 Å². The van der Waals surface area contributed by atoms with Crippen LogP contribution in [-0.2, 0) is 5.75 Å². The third-order valence-corrected chi connectivity index (χ3v) is 6.09. The number of anilines is 1. The summed E-state index contributed by atoms with van der Waals surface area (Å²) in [5, 5.41) is 6.55. The average Bonchev–Trinajstić information content (AvgIpc) is 3.58. The maximum Gasteiger partial charge on any atom is 0.255 e. The standard InChI is InChI=1S/C24H21ClN2O2S/c25-19-7-13-22(14-8-19)30-15-16-1-3-17(4-2-16)23(28)26-20-9-5-18(6-10-20)24(29)27-21-11-12-21/h1-10,13-14,21H,11-12,15H2,(H,26,28)(H,27,29). The minimum Gasteiger partial charge on any atom is -0.349 e. The molecular formula is C24H21ClN2O2S. The third kappa shape index (κ3) is 5.65. The topological polar surface area (TPSA) is 58.2 Å². The summed E-state index contributed by atoms with van der Waals surface area (Å²) in [6.45, 7) is 0. The van der Waals surface area contributed by atoms with Gasteiger partial charge in [-0.15, -0.1) is 11.8 Å². The predicted molar refractivity (Wildman–Crippen MR) is 122 cm³/mol. The minimum absolute atomic E-state index is 0.0672. The number of benzene rings is 3. The third-order valence-electron chi connectivity index (χ3n) is 4.75. The summed E-state index contributed by atoms with van der Waals surface area (Å²) < 4.78 is 0. The van der Waals surface area contributed by atoms with Crippen LogP contribution in [0.25, 0.3) is 0 Å². The molecular weight excluding hydrogens is 416 g/mol. The number of hydrogen-bond acceptors (Lipinski definition) is 3. The highest BCUT2D eigenvalue weighted by Gasteiger charge is 2.23. The molecule has 1 aliphatic carbocycles. The van der Waals surface area contributed by atoms with E-state index in [0.29, 0.717) is 22.9 Å². The Bertz CT molecular complexity index is 1030. The summed E-state index contributed by atoms with van der Waals surface area (Å²) in [7, 11) is 0. The minimum atomic E-state index is -0.179. The van der Waals surface area contributed by atoms with E-state index < -0.39 is 0 Å². The molecule has 2 N–H and O–H groups in total. The molecule has 3 aromatic carbocycles. The van der Waals surface area contributed by atoms with Gasteiger partial charge in [-0.25, -0.2) is 0 Å². The fraction of sp³-hybridized carbons (Fsp3) is 0.167. The van der Waals surface area contributed by atoms with Crippen molar-refractivity contribution < 1.29 is 9.59 Å². The summed E-state index contributed by atoms with van der Waals surface area (Å²) in [5.41, 5.74) is 2.98. The highest BCUT2D eigenvalue weighted by molar-refractivity contribution is 7.98. The molecule has 0 unspecified atom stereocenters. The smallest absolute Gasteiger partial charge is 0.255 e. The van der Waals surface area contributed by atoms with Crippen LogP contribution in [0.3, 0.4) is 0 Å². The second-order valence-electron chi connectivity index (χ2n) is 7.22. The fourth-order valence-corrected chi connectivity index (χ4v) is 3.83. The van der Waals surface area contributed by atoms with Crippen LogP contribution in [0.15, 0.2) is 77.7 Å². The second-order valence-corrected chi connectivity index (χ2v) is 8.70. The van der Waals surface area contributed by atoms with Crippen LogP contribution in [0, 0.1) is 0 Å². The van der Waals surface area contributed by atoms with Crippen molar-refractivity contribution in [2.75, 3.05) is 5.32 Å². The van der Waals surface area contributed by atoms with Crippen LogP contribution >= 0.6 is 23.4 Å². The maximum atomic E-state index is 12.5. The SMILES string of the molecule is O=C(Nc1ccc(C(=O)NC2CC2)cc1)c1ccc(CSc2ccc(Cl)cc2)cc1. The van der Waals surface area contributed by atoms with Crippen LogP contribution < -0.4 is 10.6 Å². The first-order chi connectivity index (χ1) is 14.6. The van der Waals surface area contributed by atoms with Gasteiger partial charge < -0.3 is 10.6 Å². The quantitative estimate of drug-likeness (QED) is 0.462. The molecule has 0 aliphatic heterocycles. The van der Waals surface area contributed by atoms with E-state index in [1.165, 1.54) is 0 Å². The largest absolute Gasteiger partial charge is 0.349 e. The lowest BCUT2D eigenvalue weighted by Gasteiger charge is -2.08. The van der Waals surface area contributed by atoms with E-state index >= 15 is 0 Å². The van der Waals surface area contributed by atoms with Gasteiger partial charge in [0.15, 0.2) is 0 Å². The molecule has 6 heteroatoms. The van der Waals surface area contributed by atoms with Crippen LogP contribution in [-0.4, -0.2) is 17.9 Å². The number of nitrogens with one attached hydrogen (secondary N) is 2. The fourth-order valence-electron chi connectivity index (χ4n) is 2.85. The van der Waals surface area contributed by atoms with Crippen LogP contribution in [0.5, 0.6) is 0 Å². The lowest BCUT2D eigenvalue weighted by Crippen LogP contribution is -2.25. The monoisotopic (exact) mass is 436 g/mol. The Balaban J connectivity index is 1.30.